The molecule has 1 N–H and O–H groups in total. The lowest BCUT2D eigenvalue weighted by Crippen LogP contribution is -2.44. The van der Waals surface area contributed by atoms with E-state index in [1.54, 1.807) is 54.9 Å². The Morgan fingerprint density at radius 3 is 2.59 bits per heavy atom. The molecule has 1 aliphatic heterocycles. The predicted molar refractivity (Wildman–Crippen MR) is 125 cm³/mol. The molecule has 4 rings (SSSR count). The summed E-state index contributed by atoms with van der Waals surface area (Å²) in [4.78, 5) is 25.0. The lowest BCUT2D eigenvalue weighted by Gasteiger charge is -2.38. The fraction of sp³-hybridized carbons (Fsp3) is 0.346. The van der Waals surface area contributed by atoms with Crippen molar-refractivity contribution in [2.45, 2.75) is 32.1 Å². The molecule has 1 aliphatic rings. The molecule has 34 heavy (non-hydrogen) atoms. The molecule has 1 amide bonds. The first-order valence-corrected chi connectivity index (χ1v) is 11.4. The Labute approximate surface area is 197 Å². The molecule has 0 bridgehead atoms. The van der Waals surface area contributed by atoms with E-state index in [2.05, 4.69) is 10.4 Å². The van der Waals surface area contributed by atoms with Crippen molar-refractivity contribution < 1.29 is 23.5 Å². The highest BCUT2D eigenvalue weighted by molar-refractivity contribution is 5.94. The van der Waals surface area contributed by atoms with Crippen LogP contribution in [0.2, 0.25) is 0 Å². The summed E-state index contributed by atoms with van der Waals surface area (Å²) < 4.78 is 26.1. The molecule has 8 heteroatoms. The van der Waals surface area contributed by atoms with Crippen LogP contribution in [-0.2, 0) is 14.9 Å². The zero-order chi connectivity index (χ0) is 24.1. The van der Waals surface area contributed by atoms with Crippen molar-refractivity contribution in [3.63, 3.8) is 0 Å². The number of ether oxygens (including phenoxy) is 2. The Bertz CT molecular complexity index is 1170. The largest absolute Gasteiger partial charge is 0.462 e. The first-order chi connectivity index (χ1) is 16.4. The molecule has 178 valence electrons. The Kier molecular flexibility index (Phi) is 7.07. The molecule has 3 aromatic rings. The Balaban J connectivity index is 1.47. The number of carbonyl (C=O) groups is 2. The standard InChI is InChI=1S/C26H28FN3O4/c1-3-34-25(32)23-16-29-30(18(23)2)22-9-7-19(8-10-22)24(31)28-17-26(11-13-33-14-12-26)20-5-4-6-21(27)15-20/h4-10,15-16H,3,11-14,17H2,1-2H3,(H,28,31). The maximum absolute atomic E-state index is 13.9. The number of benzene rings is 2. The fourth-order valence-electron chi connectivity index (χ4n) is 4.33. The van der Waals surface area contributed by atoms with Gasteiger partial charge in [0.25, 0.3) is 5.91 Å². The highest BCUT2D eigenvalue weighted by atomic mass is 19.1. The van der Waals surface area contributed by atoms with Crippen LogP contribution < -0.4 is 5.32 Å². The normalized spacial score (nSPS) is 15.0. The molecule has 2 aromatic carbocycles. The maximum atomic E-state index is 13.9. The third kappa shape index (κ3) is 4.87. The van der Waals surface area contributed by atoms with Crippen LogP contribution in [0.1, 0.15) is 51.7 Å². The Morgan fingerprint density at radius 1 is 1.18 bits per heavy atom. The average Bonchev–Trinajstić information content (AvgIpc) is 3.24. The number of hydrogen-bond donors (Lipinski definition) is 1. The molecule has 1 fully saturated rings. The van der Waals surface area contributed by atoms with Gasteiger partial charge < -0.3 is 14.8 Å². The third-order valence-electron chi connectivity index (χ3n) is 6.35. The van der Waals surface area contributed by atoms with E-state index in [-0.39, 0.29) is 17.1 Å². The first kappa shape index (κ1) is 23.6. The van der Waals surface area contributed by atoms with Gasteiger partial charge in [0.15, 0.2) is 0 Å². The van der Waals surface area contributed by atoms with E-state index in [4.69, 9.17) is 9.47 Å². The molecule has 0 saturated carbocycles. The van der Waals surface area contributed by atoms with Crippen molar-refractivity contribution in [3.05, 3.63) is 82.9 Å². The molecule has 0 atom stereocenters. The van der Waals surface area contributed by atoms with Gasteiger partial charge in [-0.25, -0.2) is 13.9 Å². The number of amides is 1. The second-order valence-electron chi connectivity index (χ2n) is 8.41. The second kappa shape index (κ2) is 10.2. The minimum Gasteiger partial charge on any atom is -0.462 e. The van der Waals surface area contributed by atoms with E-state index in [1.165, 1.54) is 12.3 Å². The van der Waals surface area contributed by atoms with Gasteiger partial charge >= 0.3 is 5.97 Å². The van der Waals surface area contributed by atoms with Gasteiger partial charge in [0.1, 0.15) is 11.4 Å². The summed E-state index contributed by atoms with van der Waals surface area (Å²) >= 11 is 0. The zero-order valence-electron chi connectivity index (χ0n) is 19.3. The minimum absolute atomic E-state index is 0.210. The molecule has 1 saturated heterocycles. The highest BCUT2D eigenvalue weighted by Crippen LogP contribution is 2.34. The van der Waals surface area contributed by atoms with E-state index in [1.807, 2.05) is 6.07 Å². The minimum atomic E-state index is -0.414. The van der Waals surface area contributed by atoms with Crippen LogP contribution in [0.25, 0.3) is 5.69 Å². The summed E-state index contributed by atoms with van der Waals surface area (Å²) in [6, 6.07) is 13.6. The first-order valence-electron chi connectivity index (χ1n) is 11.4. The topological polar surface area (TPSA) is 82.5 Å². The van der Waals surface area contributed by atoms with E-state index < -0.39 is 5.97 Å². The number of nitrogens with zero attached hydrogens (tertiary/aromatic N) is 2. The zero-order valence-corrected chi connectivity index (χ0v) is 19.3. The molecule has 1 aromatic heterocycles. The number of aromatic nitrogens is 2. The monoisotopic (exact) mass is 465 g/mol. The maximum Gasteiger partial charge on any atom is 0.341 e. The molecule has 0 radical (unpaired) electrons. The van der Waals surface area contributed by atoms with E-state index >= 15 is 0 Å². The molecular formula is C26H28FN3O4. The van der Waals surface area contributed by atoms with Crippen molar-refractivity contribution in [2.75, 3.05) is 26.4 Å². The lowest BCUT2D eigenvalue weighted by atomic mass is 9.74. The van der Waals surface area contributed by atoms with Gasteiger partial charge in [-0.3, -0.25) is 4.79 Å². The van der Waals surface area contributed by atoms with Gasteiger partial charge in [-0.15, -0.1) is 0 Å². The van der Waals surface area contributed by atoms with Gasteiger partial charge in [0, 0.05) is 30.7 Å². The number of rotatable bonds is 7. The number of carbonyl (C=O) groups excluding carboxylic acids is 2. The number of nitrogens with one attached hydrogen (secondary N) is 1. The second-order valence-corrected chi connectivity index (χ2v) is 8.41. The molecule has 0 aliphatic carbocycles. The molecular weight excluding hydrogens is 437 g/mol. The van der Waals surface area contributed by atoms with Crippen LogP contribution in [0.4, 0.5) is 4.39 Å². The lowest BCUT2D eigenvalue weighted by molar-refractivity contribution is 0.0486. The summed E-state index contributed by atoms with van der Waals surface area (Å²) in [5.41, 5.74) is 2.80. The van der Waals surface area contributed by atoms with Crippen LogP contribution >= 0.6 is 0 Å². The van der Waals surface area contributed by atoms with Crippen molar-refractivity contribution >= 4 is 11.9 Å². The van der Waals surface area contributed by atoms with Crippen LogP contribution in [0.15, 0.2) is 54.7 Å². The van der Waals surface area contributed by atoms with E-state index in [9.17, 15) is 14.0 Å². The smallest absolute Gasteiger partial charge is 0.341 e. The van der Waals surface area contributed by atoms with Crippen molar-refractivity contribution in [2.24, 2.45) is 0 Å². The van der Waals surface area contributed by atoms with Crippen molar-refractivity contribution in [1.82, 2.24) is 15.1 Å². The van der Waals surface area contributed by atoms with Crippen LogP contribution in [0.5, 0.6) is 0 Å². The Morgan fingerprint density at radius 2 is 1.91 bits per heavy atom. The molecule has 7 nitrogen and oxygen atoms in total. The van der Waals surface area contributed by atoms with Crippen molar-refractivity contribution in [1.29, 1.82) is 0 Å². The predicted octanol–water partition coefficient (Wildman–Crippen LogP) is 3.97. The third-order valence-corrected chi connectivity index (χ3v) is 6.35. The quantitative estimate of drug-likeness (QED) is 0.534. The average molecular weight is 466 g/mol. The van der Waals surface area contributed by atoms with Gasteiger partial charge in [-0.05, 0) is 68.7 Å². The summed E-state index contributed by atoms with van der Waals surface area (Å²) in [7, 11) is 0. The van der Waals surface area contributed by atoms with Crippen LogP contribution in [-0.4, -0.2) is 48.0 Å². The number of esters is 1. The number of hydrogen-bond acceptors (Lipinski definition) is 5. The summed E-state index contributed by atoms with van der Waals surface area (Å²) in [5.74, 6) is -0.911. The van der Waals surface area contributed by atoms with Crippen LogP contribution in [0, 0.1) is 12.7 Å². The summed E-state index contributed by atoms with van der Waals surface area (Å²) in [5, 5.41) is 7.31. The fourth-order valence-corrected chi connectivity index (χ4v) is 4.33. The molecule has 2 heterocycles. The highest BCUT2D eigenvalue weighted by Gasteiger charge is 2.35. The Hall–Kier alpha value is -3.52. The summed E-state index contributed by atoms with van der Waals surface area (Å²) in [6.07, 6.45) is 2.89. The van der Waals surface area contributed by atoms with Gasteiger partial charge in [0.05, 0.1) is 24.2 Å². The van der Waals surface area contributed by atoms with E-state index in [0.29, 0.717) is 56.0 Å². The van der Waals surface area contributed by atoms with E-state index in [0.717, 1.165) is 11.3 Å². The summed E-state index contributed by atoms with van der Waals surface area (Å²) in [6.45, 7) is 5.36. The van der Waals surface area contributed by atoms with Gasteiger partial charge in [-0.2, -0.15) is 5.10 Å². The van der Waals surface area contributed by atoms with Gasteiger partial charge in [0.2, 0.25) is 0 Å². The SMILES string of the molecule is CCOC(=O)c1cnn(-c2ccc(C(=O)NCC3(c4cccc(F)c4)CCOCC3)cc2)c1C. The van der Waals surface area contributed by atoms with Crippen LogP contribution in [0.3, 0.4) is 0 Å². The molecule has 0 spiro atoms. The molecule has 0 unspecified atom stereocenters. The van der Waals surface area contributed by atoms with Crippen molar-refractivity contribution in [3.8, 4) is 5.69 Å². The van der Waals surface area contributed by atoms with Gasteiger partial charge in [-0.1, -0.05) is 12.1 Å². The number of halogens is 1.